The zero-order valence-electron chi connectivity index (χ0n) is 14.6. The molecule has 9 aliphatic heterocycles. The number of hydrogen-bond donors (Lipinski definition) is 0. The van der Waals surface area contributed by atoms with Crippen LogP contribution >= 0.6 is 23.5 Å². The van der Waals surface area contributed by atoms with Gasteiger partial charge in [0, 0.05) is 5.92 Å². The van der Waals surface area contributed by atoms with Gasteiger partial charge in [-0.15, -0.1) is 0 Å². The standard InChI is InChI=1S/C13H18O12P3/c14-26-17-1-11(2-18-26,3-19-26)10(12-4-20-27(15,21-5-12)22-6-12)13-7-23-28(16,24-8-13)25-9-13/h1-9H2. The van der Waals surface area contributed by atoms with Crippen molar-refractivity contribution in [3.05, 3.63) is 5.92 Å². The van der Waals surface area contributed by atoms with Gasteiger partial charge in [-0.05, 0) is 0 Å². The van der Waals surface area contributed by atoms with Crippen molar-refractivity contribution < 1.29 is 54.4 Å². The van der Waals surface area contributed by atoms with Crippen LogP contribution in [-0.4, -0.2) is 59.5 Å². The fourth-order valence-corrected chi connectivity index (χ4v) is 9.19. The van der Waals surface area contributed by atoms with Crippen LogP contribution in [0.3, 0.4) is 0 Å². The second-order valence-corrected chi connectivity index (χ2v) is 13.0. The van der Waals surface area contributed by atoms with Gasteiger partial charge in [0.15, 0.2) is 0 Å². The van der Waals surface area contributed by atoms with Gasteiger partial charge in [0.1, 0.15) is 0 Å². The Morgan fingerprint density at radius 3 is 0.786 bits per heavy atom. The van der Waals surface area contributed by atoms with Crippen molar-refractivity contribution in [3.63, 3.8) is 0 Å². The van der Waals surface area contributed by atoms with Crippen molar-refractivity contribution in [1.82, 2.24) is 0 Å². The summed E-state index contributed by atoms with van der Waals surface area (Å²) in [4.78, 5) is 0. The van der Waals surface area contributed by atoms with Crippen LogP contribution in [0, 0.1) is 22.2 Å². The highest BCUT2D eigenvalue weighted by atomic mass is 31.2. The summed E-state index contributed by atoms with van der Waals surface area (Å²) >= 11 is 0. The molecule has 9 rings (SSSR count). The fraction of sp³-hybridized carbons (Fsp3) is 0.923. The van der Waals surface area contributed by atoms with Gasteiger partial charge in [0.2, 0.25) is 0 Å². The molecule has 6 bridgehead atoms. The zero-order valence-corrected chi connectivity index (χ0v) is 17.3. The monoisotopic (exact) mass is 459 g/mol. The first-order valence-electron chi connectivity index (χ1n) is 8.72. The maximum atomic E-state index is 12.3. The highest BCUT2D eigenvalue weighted by molar-refractivity contribution is 7.49. The van der Waals surface area contributed by atoms with Crippen LogP contribution in [0.2, 0.25) is 0 Å². The van der Waals surface area contributed by atoms with Gasteiger partial charge >= 0.3 is 23.5 Å². The van der Waals surface area contributed by atoms with Crippen LogP contribution in [0.15, 0.2) is 0 Å². The molecule has 0 aromatic heterocycles. The predicted molar refractivity (Wildman–Crippen MR) is 86.9 cm³/mol. The zero-order chi connectivity index (χ0) is 19.3. The van der Waals surface area contributed by atoms with Gasteiger partial charge in [-0.25, -0.2) is 13.7 Å². The van der Waals surface area contributed by atoms with E-state index in [-0.39, 0.29) is 59.5 Å². The molecule has 0 amide bonds. The third-order valence-electron chi connectivity index (χ3n) is 6.08. The van der Waals surface area contributed by atoms with E-state index in [1.54, 1.807) is 0 Å². The maximum Gasteiger partial charge on any atom is 0.474 e. The Morgan fingerprint density at radius 2 is 0.607 bits per heavy atom. The van der Waals surface area contributed by atoms with E-state index in [9.17, 15) is 13.7 Å². The number of fused-ring (bicyclic) bond motifs is 9. The van der Waals surface area contributed by atoms with Crippen molar-refractivity contribution in [2.45, 2.75) is 0 Å². The molecule has 9 aliphatic rings. The molecule has 0 atom stereocenters. The minimum atomic E-state index is -3.54. The van der Waals surface area contributed by atoms with E-state index in [4.69, 9.17) is 40.7 Å². The highest BCUT2D eigenvalue weighted by Gasteiger charge is 2.71. The molecule has 28 heavy (non-hydrogen) atoms. The van der Waals surface area contributed by atoms with Crippen LogP contribution in [0.1, 0.15) is 0 Å². The van der Waals surface area contributed by atoms with Crippen LogP contribution in [0.25, 0.3) is 0 Å². The molecule has 12 nitrogen and oxygen atoms in total. The Balaban J connectivity index is 1.44. The molecule has 0 aliphatic carbocycles. The molecule has 157 valence electrons. The van der Waals surface area contributed by atoms with Crippen molar-refractivity contribution >= 4 is 23.5 Å². The van der Waals surface area contributed by atoms with E-state index in [2.05, 4.69) is 0 Å². The molecule has 0 N–H and O–H groups in total. The van der Waals surface area contributed by atoms with E-state index in [0.29, 0.717) is 0 Å². The summed E-state index contributed by atoms with van der Waals surface area (Å²) in [5.74, 6) is 0.773. The molecule has 9 heterocycles. The lowest BCUT2D eigenvalue weighted by atomic mass is 9.52. The summed E-state index contributed by atoms with van der Waals surface area (Å²) in [7, 11) is -10.6. The van der Waals surface area contributed by atoms with Gasteiger partial charge < -0.3 is 0 Å². The van der Waals surface area contributed by atoms with Crippen molar-refractivity contribution in [2.24, 2.45) is 16.2 Å². The molecular weight excluding hydrogens is 441 g/mol. The Kier molecular flexibility index (Phi) is 3.92. The molecule has 9 fully saturated rings. The topological polar surface area (TPSA) is 134 Å². The number of rotatable bonds is 3. The normalized spacial score (nSPS) is 57.8. The minimum Gasteiger partial charge on any atom is -0.286 e. The SMILES string of the molecule is O=P12OCC([C](C34COP(=O)(OC3)OC4)C34COP(=O)(OC3)OC4)(CO1)CO2. The predicted octanol–water partition coefficient (Wildman–Crippen LogP) is 2.08. The van der Waals surface area contributed by atoms with E-state index in [1.807, 2.05) is 0 Å². The summed E-state index contributed by atoms with van der Waals surface area (Å²) in [6.45, 7) is 0.736. The molecule has 0 saturated carbocycles. The van der Waals surface area contributed by atoms with Crippen LogP contribution in [-0.2, 0) is 54.4 Å². The molecule has 15 heteroatoms. The molecule has 0 unspecified atom stereocenters. The van der Waals surface area contributed by atoms with Crippen LogP contribution < -0.4 is 0 Å². The molecular formula is C13H18O12P3. The van der Waals surface area contributed by atoms with Gasteiger partial charge in [-0.3, -0.25) is 40.7 Å². The van der Waals surface area contributed by atoms with E-state index in [0.717, 1.165) is 5.92 Å². The smallest absolute Gasteiger partial charge is 0.286 e. The van der Waals surface area contributed by atoms with E-state index in [1.165, 1.54) is 0 Å². The minimum absolute atomic E-state index is 0.0818. The lowest BCUT2D eigenvalue weighted by molar-refractivity contribution is -0.187. The number of phosphoric ester groups is 3. The van der Waals surface area contributed by atoms with Crippen molar-refractivity contribution in [3.8, 4) is 0 Å². The third-order valence-corrected chi connectivity index (χ3v) is 10.1. The Morgan fingerprint density at radius 1 is 0.429 bits per heavy atom. The summed E-state index contributed by atoms with van der Waals surface area (Å²) in [5.41, 5.74) is -2.51. The highest BCUT2D eigenvalue weighted by Crippen LogP contribution is 2.73. The first-order valence-corrected chi connectivity index (χ1v) is 13.1. The second kappa shape index (κ2) is 5.76. The summed E-state index contributed by atoms with van der Waals surface area (Å²) in [6.07, 6.45) is 0. The first-order chi connectivity index (χ1) is 13.2. The van der Waals surface area contributed by atoms with Crippen LogP contribution in [0.5, 0.6) is 0 Å². The third kappa shape index (κ3) is 2.55. The Bertz CT molecular complexity index is 654. The molecule has 1 radical (unpaired) electrons. The van der Waals surface area contributed by atoms with Gasteiger partial charge in [0.05, 0.1) is 75.7 Å². The van der Waals surface area contributed by atoms with Gasteiger partial charge in [0.25, 0.3) is 0 Å². The van der Waals surface area contributed by atoms with Gasteiger partial charge in [-0.1, -0.05) is 0 Å². The quantitative estimate of drug-likeness (QED) is 0.572. The number of hydrogen-bond acceptors (Lipinski definition) is 12. The second-order valence-electron chi connectivity index (χ2n) is 8.02. The lowest BCUT2D eigenvalue weighted by Crippen LogP contribution is -2.67. The lowest BCUT2D eigenvalue weighted by Gasteiger charge is -2.63. The molecule has 9 saturated heterocycles. The first kappa shape index (κ1) is 19.0. The van der Waals surface area contributed by atoms with E-state index >= 15 is 0 Å². The van der Waals surface area contributed by atoms with Crippen molar-refractivity contribution in [1.29, 1.82) is 0 Å². The number of phosphoric acid groups is 3. The van der Waals surface area contributed by atoms with E-state index < -0.39 is 39.7 Å². The van der Waals surface area contributed by atoms with Gasteiger partial charge in [-0.2, -0.15) is 0 Å². The van der Waals surface area contributed by atoms with Crippen LogP contribution in [0.4, 0.5) is 0 Å². The molecule has 0 aromatic carbocycles. The average molecular weight is 459 g/mol. The largest absolute Gasteiger partial charge is 0.474 e. The average Bonchev–Trinajstić information content (AvgIpc) is 2.72. The summed E-state index contributed by atoms with van der Waals surface area (Å²) in [6, 6.07) is 0. The fourth-order valence-electron chi connectivity index (χ4n) is 4.87. The molecule has 0 aromatic rings. The van der Waals surface area contributed by atoms with Crippen molar-refractivity contribution in [2.75, 3.05) is 59.5 Å². The Hall–Kier alpha value is 0.330. The molecule has 0 spiro atoms. The Labute approximate surface area is 160 Å². The summed E-state index contributed by atoms with van der Waals surface area (Å²) < 4.78 is 85.5. The summed E-state index contributed by atoms with van der Waals surface area (Å²) in [5, 5.41) is 0. The maximum absolute atomic E-state index is 12.3.